The summed E-state index contributed by atoms with van der Waals surface area (Å²) in [5.41, 5.74) is 0.399. The highest BCUT2D eigenvalue weighted by Gasteiger charge is 2.30. The summed E-state index contributed by atoms with van der Waals surface area (Å²) in [4.78, 5) is 16.6. The predicted octanol–water partition coefficient (Wildman–Crippen LogP) is 3.30. The molecule has 0 unspecified atom stereocenters. The molecule has 6 nitrogen and oxygen atoms in total. The zero-order chi connectivity index (χ0) is 18.7. The van der Waals surface area contributed by atoms with Gasteiger partial charge in [-0.3, -0.25) is 4.79 Å². The number of carbonyl (C=O) groups excluding carboxylic acids is 1. The van der Waals surface area contributed by atoms with Crippen molar-refractivity contribution in [3.8, 4) is 6.07 Å². The molecule has 1 aromatic carbocycles. The summed E-state index contributed by atoms with van der Waals surface area (Å²) >= 11 is 0. The average Bonchev–Trinajstić information content (AvgIpc) is 3.04. The van der Waals surface area contributed by atoms with Gasteiger partial charge in [-0.25, -0.2) is 0 Å². The van der Waals surface area contributed by atoms with Crippen molar-refractivity contribution >= 4 is 12.0 Å². The molecule has 0 aliphatic heterocycles. The van der Waals surface area contributed by atoms with Gasteiger partial charge in [0.2, 0.25) is 11.8 Å². The summed E-state index contributed by atoms with van der Waals surface area (Å²) in [6.45, 7) is 9.58. The number of aromatic nitrogens is 2. The van der Waals surface area contributed by atoms with E-state index in [1.807, 2.05) is 34.6 Å². The maximum absolute atomic E-state index is 12.2. The Morgan fingerprint density at radius 2 is 1.84 bits per heavy atom. The lowest BCUT2D eigenvalue weighted by atomic mass is 9.97. The number of carbonyl (C=O) groups is 1. The highest BCUT2D eigenvalue weighted by Crippen LogP contribution is 2.23. The van der Waals surface area contributed by atoms with Crippen LogP contribution in [0, 0.1) is 11.3 Å². The van der Waals surface area contributed by atoms with E-state index in [2.05, 4.69) is 21.5 Å². The van der Waals surface area contributed by atoms with Crippen molar-refractivity contribution in [2.24, 2.45) is 0 Å². The first-order valence-corrected chi connectivity index (χ1v) is 7.97. The molecule has 0 spiro atoms. The van der Waals surface area contributed by atoms with Crippen molar-refractivity contribution in [1.29, 1.82) is 5.26 Å². The molecule has 2 rings (SSSR count). The van der Waals surface area contributed by atoms with Crippen LogP contribution in [-0.4, -0.2) is 16.0 Å². The van der Waals surface area contributed by atoms with Gasteiger partial charge < -0.3 is 9.84 Å². The van der Waals surface area contributed by atoms with Crippen LogP contribution in [-0.2, 0) is 15.7 Å². The lowest BCUT2D eigenvalue weighted by Crippen LogP contribution is -2.41. The van der Waals surface area contributed by atoms with E-state index in [1.54, 1.807) is 30.3 Å². The van der Waals surface area contributed by atoms with E-state index in [4.69, 9.17) is 9.78 Å². The molecule has 0 radical (unpaired) electrons. The quantitative estimate of drug-likeness (QED) is 0.864. The summed E-state index contributed by atoms with van der Waals surface area (Å²) in [6.07, 6.45) is 3.12. The molecular weight excluding hydrogens is 316 g/mol. The van der Waals surface area contributed by atoms with Crippen LogP contribution in [0.25, 0.3) is 6.08 Å². The van der Waals surface area contributed by atoms with Gasteiger partial charge >= 0.3 is 0 Å². The maximum atomic E-state index is 12.2. The Hall–Kier alpha value is -2.94. The molecule has 1 heterocycles. The Balaban J connectivity index is 2.06. The molecule has 0 saturated carbocycles. The zero-order valence-corrected chi connectivity index (χ0v) is 15.1. The fourth-order valence-electron chi connectivity index (χ4n) is 2.03. The highest BCUT2D eigenvalue weighted by molar-refractivity contribution is 5.92. The van der Waals surface area contributed by atoms with Crippen LogP contribution < -0.4 is 5.32 Å². The van der Waals surface area contributed by atoms with Gasteiger partial charge in [0.25, 0.3) is 0 Å². The summed E-state index contributed by atoms with van der Waals surface area (Å²) in [5, 5.41) is 15.6. The van der Waals surface area contributed by atoms with E-state index in [0.29, 0.717) is 17.3 Å². The third-order valence-corrected chi connectivity index (χ3v) is 3.53. The summed E-state index contributed by atoms with van der Waals surface area (Å²) in [7, 11) is 0. The van der Waals surface area contributed by atoms with Gasteiger partial charge in [0.15, 0.2) is 5.82 Å². The van der Waals surface area contributed by atoms with Crippen LogP contribution in [0.1, 0.15) is 57.5 Å². The fourth-order valence-corrected chi connectivity index (χ4v) is 2.03. The van der Waals surface area contributed by atoms with E-state index in [-0.39, 0.29) is 11.3 Å². The second kappa shape index (κ2) is 6.89. The smallest absolute Gasteiger partial charge is 0.244 e. The molecule has 1 amide bonds. The van der Waals surface area contributed by atoms with E-state index in [0.717, 1.165) is 5.56 Å². The molecule has 25 heavy (non-hydrogen) atoms. The molecule has 0 bridgehead atoms. The number of nitriles is 1. The Morgan fingerprint density at radius 3 is 2.36 bits per heavy atom. The van der Waals surface area contributed by atoms with Crippen LogP contribution in [0.4, 0.5) is 0 Å². The minimum atomic E-state index is -0.765. The van der Waals surface area contributed by atoms with Crippen molar-refractivity contribution in [2.45, 2.75) is 45.6 Å². The number of benzene rings is 1. The molecule has 130 valence electrons. The minimum Gasteiger partial charge on any atom is -0.340 e. The van der Waals surface area contributed by atoms with Gasteiger partial charge in [0, 0.05) is 11.5 Å². The van der Waals surface area contributed by atoms with Crippen LogP contribution in [0.5, 0.6) is 0 Å². The number of hydrogen-bond acceptors (Lipinski definition) is 5. The normalized spacial score (nSPS) is 12.2. The van der Waals surface area contributed by atoms with Crippen molar-refractivity contribution in [3.63, 3.8) is 0 Å². The average molecular weight is 338 g/mol. The molecule has 0 aliphatic carbocycles. The van der Waals surface area contributed by atoms with Gasteiger partial charge in [-0.15, -0.1) is 0 Å². The van der Waals surface area contributed by atoms with E-state index >= 15 is 0 Å². The molecule has 2 aromatic rings. The van der Waals surface area contributed by atoms with Gasteiger partial charge in [0.05, 0.1) is 17.2 Å². The van der Waals surface area contributed by atoms with Gasteiger partial charge in [-0.1, -0.05) is 38.1 Å². The van der Waals surface area contributed by atoms with Crippen molar-refractivity contribution in [1.82, 2.24) is 15.5 Å². The van der Waals surface area contributed by atoms with Gasteiger partial charge in [-0.2, -0.15) is 10.2 Å². The molecule has 0 fully saturated rings. The molecule has 6 heteroatoms. The topological polar surface area (TPSA) is 91.8 Å². The molecule has 0 aliphatic rings. The summed E-state index contributed by atoms with van der Waals surface area (Å²) in [5.74, 6) is 0.687. The largest absolute Gasteiger partial charge is 0.340 e. The van der Waals surface area contributed by atoms with Gasteiger partial charge in [-0.05, 0) is 37.6 Å². The summed E-state index contributed by atoms with van der Waals surface area (Å²) < 4.78 is 5.29. The summed E-state index contributed by atoms with van der Waals surface area (Å²) in [6, 6.07) is 9.02. The lowest BCUT2D eigenvalue weighted by Gasteiger charge is -2.21. The van der Waals surface area contributed by atoms with Crippen LogP contribution in [0.2, 0.25) is 0 Å². The Labute approximate surface area is 147 Å². The molecule has 0 saturated heterocycles. The lowest BCUT2D eigenvalue weighted by molar-refractivity contribution is -0.118. The first-order chi connectivity index (χ1) is 11.6. The number of hydrogen-bond donors (Lipinski definition) is 1. The van der Waals surface area contributed by atoms with E-state index < -0.39 is 5.54 Å². The number of rotatable bonds is 4. The van der Waals surface area contributed by atoms with Crippen LogP contribution >= 0.6 is 0 Å². The van der Waals surface area contributed by atoms with Crippen molar-refractivity contribution in [2.75, 3.05) is 0 Å². The molecule has 1 aromatic heterocycles. The maximum Gasteiger partial charge on any atom is 0.244 e. The third kappa shape index (κ3) is 4.77. The van der Waals surface area contributed by atoms with Crippen molar-refractivity contribution < 1.29 is 9.32 Å². The second-order valence-electron chi connectivity index (χ2n) is 7.35. The Kier molecular flexibility index (Phi) is 5.07. The Morgan fingerprint density at radius 1 is 1.20 bits per heavy atom. The fraction of sp³-hybridized carbons (Fsp3) is 0.368. The number of nitrogens with zero attached hydrogens (tertiary/aromatic N) is 3. The number of amides is 1. The highest BCUT2D eigenvalue weighted by atomic mass is 16.5. The third-order valence-electron chi connectivity index (χ3n) is 3.53. The SMILES string of the molecule is CC(C)(C)c1nc(C(C)(C)NC(=O)C=Cc2ccc(C#N)cc2)no1. The number of nitrogens with one attached hydrogen (secondary N) is 1. The first-order valence-electron chi connectivity index (χ1n) is 7.97. The van der Waals surface area contributed by atoms with Crippen LogP contribution in [0.15, 0.2) is 34.9 Å². The molecule has 1 N–H and O–H groups in total. The van der Waals surface area contributed by atoms with Gasteiger partial charge in [0.1, 0.15) is 0 Å². The van der Waals surface area contributed by atoms with E-state index in [1.165, 1.54) is 6.08 Å². The Bertz CT molecular complexity index is 818. The van der Waals surface area contributed by atoms with E-state index in [9.17, 15) is 4.79 Å². The molecule has 0 atom stereocenters. The molecular formula is C19H22N4O2. The first kappa shape index (κ1) is 18.4. The van der Waals surface area contributed by atoms with Crippen LogP contribution in [0.3, 0.4) is 0 Å². The second-order valence-corrected chi connectivity index (χ2v) is 7.35. The minimum absolute atomic E-state index is 0.249. The predicted molar refractivity (Wildman–Crippen MR) is 94.4 cm³/mol. The standard InChI is InChI=1S/C19H22N4O2/c1-18(2,3)17-21-16(23-25-17)19(4,5)22-15(24)11-10-13-6-8-14(12-20)9-7-13/h6-11H,1-5H3,(H,22,24). The zero-order valence-electron chi connectivity index (χ0n) is 15.1. The van der Waals surface area contributed by atoms with Crippen molar-refractivity contribution in [3.05, 3.63) is 53.2 Å². The monoisotopic (exact) mass is 338 g/mol.